The second-order valence-corrected chi connectivity index (χ2v) is 18.4. The highest BCUT2D eigenvalue weighted by molar-refractivity contribution is 5.71. The van der Waals surface area contributed by atoms with Crippen LogP contribution in [0.5, 0.6) is 0 Å². The zero-order valence-corrected chi connectivity index (χ0v) is 44.2. The van der Waals surface area contributed by atoms with E-state index in [-0.39, 0.29) is 38.6 Å². The Kier molecular flexibility index (Phi) is 47.0. The third-order valence-electron chi connectivity index (χ3n) is 10.7. The summed E-state index contributed by atoms with van der Waals surface area (Å²) < 4.78 is 22.8. The summed E-state index contributed by atoms with van der Waals surface area (Å²) in [7, 11) is 5.93. The maximum Gasteiger partial charge on any atom is 0.361 e. The smallest absolute Gasteiger partial charge is 0.361 e. The molecule has 0 aromatic heterocycles. The molecule has 390 valence electrons. The molecule has 0 aromatic carbocycles. The van der Waals surface area contributed by atoms with Gasteiger partial charge in [-0.2, -0.15) is 0 Å². The number of carbonyl (C=O) groups is 3. The molecule has 0 heterocycles. The molecule has 0 bridgehead atoms. The van der Waals surface area contributed by atoms with Crippen LogP contribution in [0.2, 0.25) is 0 Å². The predicted molar refractivity (Wildman–Crippen MR) is 290 cm³/mol. The average molecular weight is 961 g/mol. The number of allylic oxidation sites excluding steroid dienone is 20. The first-order valence-corrected chi connectivity index (χ1v) is 26.7. The zero-order valence-electron chi connectivity index (χ0n) is 44.2. The van der Waals surface area contributed by atoms with E-state index in [9.17, 15) is 19.5 Å². The minimum atomic E-state index is -1.53. The van der Waals surface area contributed by atoms with Gasteiger partial charge in [0.1, 0.15) is 13.2 Å². The van der Waals surface area contributed by atoms with Crippen molar-refractivity contribution in [1.82, 2.24) is 0 Å². The second-order valence-electron chi connectivity index (χ2n) is 18.4. The van der Waals surface area contributed by atoms with Crippen molar-refractivity contribution in [3.8, 4) is 0 Å². The number of esters is 2. The molecule has 9 nitrogen and oxygen atoms in total. The van der Waals surface area contributed by atoms with Crippen LogP contribution in [0.25, 0.3) is 0 Å². The standard InChI is InChI=1S/C60H97NO8/c1-6-8-10-12-14-16-18-20-22-24-26-27-28-29-30-31-33-35-37-39-41-43-45-47-49-51-58(63)69-56(55-68-60(59(64)65)66-53-52-61(3,4)5)54-67-57(62)50-48-46-44-42-40-38-36-34-32-25-23-21-19-17-15-13-11-9-7-2/h8,10,14-17,20-23,26-27,29-30,32-35,39,41,56,60H,6-7,9,11-13,18-19,24-25,28,31,36-38,40,42-55H2,1-5H3/p+1/b10-8-,16-14-,17-15-,22-20-,23-21-,27-26-,30-29-,34-32-,35-33-,41-39-. The van der Waals surface area contributed by atoms with Crippen molar-refractivity contribution in [2.45, 2.75) is 193 Å². The number of unbranched alkanes of at least 4 members (excludes halogenated alkanes) is 12. The van der Waals surface area contributed by atoms with Crippen molar-refractivity contribution in [3.63, 3.8) is 0 Å². The third-order valence-corrected chi connectivity index (χ3v) is 10.7. The number of aliphatic carboxylic acids is 1. The molecule has 0 saturated carbocycles. The molecular weight excluding hydrogens is 863 g/mol. The van der Waals surface area contributed by atoms with E-state index in [0.29, 0.717) is 17.4 Å². The maximum atomic E-state index is 12.8. The molecule has 9 heteroatoms. The number of likely N-dealkylation sites (N-methyl/N-ethyl adjacent to an activating group) is 1. The minimum Gasteiger partial charge on any atom is -0.477 e. The van der Waals surface area contributed by atoms with Crippen molar-refractivity contribution >= 4 is 17.9 Å². The van der Waals surface area contributed by atoms with Gasteiger partial charge in [0.25, 0.3) is 6.29 Å². The van der Waals surface area contributed by atoms with E-state index in [1.807, 2.05) is 21.1 Å². The van der Waals surface area contributed by atoms with Crippen molar-refractivity contribution < 1.29 is 42.9 Å². The lowest BCUT2D eigenvalue weighted by Crippen LogP contribution is -2.40. The quantitative estimate of drug-likeness (QED) is 0.0211. The summed E-state index contributed by atoms with van der Waals surface area (Å²) in [4.78, 5) is 37.3. The molecule has 0 aliphatic carbocycles. The first-order chi connectivity index (χ1) is 33.6. The lowest BCUT2D eigenvalue weighted by molar-refractivity contribution is -0.870. The number of carboxylic acids is 1. The highest BCUT2D eigenvalue weighted by Gasteiger charge is 2.25. The second kappa shape index (κ2) is 50.1. The van der Waals surface area contributed by atoms with Gasteiger partial charge in [0.05, 0.1) is 34.4 Å². The van der Waals surface area contributed by atoms with Crippen molar-refractivity contribution in [2.24, 2.45) is 0 Å². The number of hydrogen-bond donors (Lipinski definition) is 1. The van der Waals surface area contributed by atoms with Gasteiger partial charge in [-0.05, 0) is 109 Å². The Bertz CT molecular complexity index is 1540. The van der Waals surface area contributed by atoms with E-state index < -0.39 is 24.3 Å². The summed E-state index contributed by atoms with van der Waals surface area (Å²) in [5.74, 6) is -2.09. The van der Waals surface area contributed by atoms with E-state index in [2.05, 4.69) is 135 Å². The van der Waals surface area contributed by atoms with Crippen LogP contribution in [0.15, 0.2) is 122 Å². The first-order valence-electron chi connectivity index (χ1n) is 26.7. The number of nitrogens with zero attached hydrogens (tertiary/aromatic N) is 1. The van der Waals surface area contributed by atoms with Crippen LogP contribution >= 0.6 is 0 Å². The molecule has 0 rings (SSSR count). The van der Waals surface area contributed by atoms with E-state index >= 15 is 0 Å². The highest BCUT2D eigenvalue weighted by Crippen LogP contribution is 2.12. The fraction of sp³-hybridized carbons (Fsp3) is 0.617. The molecule has 2 unspecified atom stereocenters. The Labute approximate surface area is 421 Å². The summed E-state index contributed by atoms with van der Waals surface area (Å²) in [5, 5.41) is 9.68. The number of rotatable bonds is 47. The van der Waals surface area contributed by atoms with Crippen molar-refractivity contribution in [1.29, 1.82) is 0 Å². The van der Waals surface area contributed by atoms with Crippen molar-refractivity contribution in [2.75, 3.05) is 47.5 Å². The van der Waals surface area contributed by atoms with E-state index in [1.54, 1.807) is 0 Å². The van der Waals surface area contributed by atoms with Gasteiger partial charge in [-0.3, -0.25) is 9.59 Å². The number of carbonyl (C=O) groups excluding carboxylic acids is 2. The van der Waals surface area contributed by atoms with Crippen LogP contribution in [-0.2, 0) is 33.3 Å². The fourth-order valence-corrected chi connectivity index (χ4v) is 6.59. The van der Waals surface area contributed by atoms with Gasteiger partial charge in [0.2, 0.25) is 0 Å². The number of ether oxygens (including phenoxy) is 4. The predicted octanol–water partition coefficient (Wildman–Crippen LogP) is 15.3. The lowest BCUT2D eigenvalue weighted by atomic mass is 10.1. The summed E-state index contributed by atoms with van der Waals surface area (Å²) in [5.41, 5.74) is 0. The molecule has 2 atom stereocenters. The van der Waals surface area contributed by atoms with E-state index in [1.165, 1.54) is 32.1 Å². The number of carboxylic acid groups (broad SMARTS) is 1. The summed E-state index contributed by atoms with van der Waals surface area (Å²) in [6.07, 6.45) is 66.9. The Morgan fingerprint density at radius 3 is 1.25 bits per heavy atom. The van der Waals surface area contributed by atoms with Crippen LogP contribution in [0.1, 0.15) is 181 Å². The Hall–Kier alpha value is -4.31. The van der Waals surface area contributed by atoms with Crippen LogP contribution in [0.3, 0.4) is 0 Å². The van der Waals surface area contributed by atoms with Gasteiger partial charge < -0.3 is 28.5 Å². The van der Waals surface area contributed by atoms with Crippen LogP contribution in [-0.4, -0.2) is 87.4 Å². The lowest BCUT2D eigenvalue weighted by Gasteiger charge is -2.25. The molecule has 0 aromatic rings. The SMILES string of the molecule is CC/C=C\C/C=C\C/C=C\C/C=C\C/C=C\C/C=C\C/C=C\CCCCCC(=O)OC(COC(=O)CCCCCCCC/C=C\C/C=C\C/C=C\CCCCC)COC(OCC[N+](C)(C)C)C(=O)O. The van der Waals surface area contributed by atoms with Crippen LogP contribution in [0, 0.1) is 0 Å². The Balaban J connectivity index is 4.46. The van der Waals surface area contributed by atoms with Gasteiger partial charge in [-0.15, -0.1) is 0 Å². The molecule has 0 aliphatic rings. The van der Waals surface area contributed by atoms with Gasteiger partial charge in [-0.1, -0.05) is 180 Å². The third kappa shape index (κ3) is 51.4. The van der Waals surface area contributed by atoms with Crippen LogP contribution < -0.4 is 0 Å². The summed E-state index contributed by atoms with van der Waals surface area (Å²) in [6, 6.07) is 0. The van der Waals surface area contributed by atoms with Gasteiger partial charge in [0, 0.05) is 12.8 Å². The fourth-order valence-electron chi connectivity index (χ4n) is 6.59. The molecule has 0 saturated heterocycles. The normalized spacial score (nSPS) is 13.8. The highest BCUT2D eigenvalue weighted by atomic mass is 16.7. The monoisotopic (exact) mass is 961 g/mol. The molecule has 0 amide bonds. The van der Waals surface area contributed by atoms with Crippen LogP contribution in [0.4, 0.5) is 0 Å². The Morgan fingerprint density at radius 2 is 0.826 bits per heavy atom. The van der Waals surface area contributed by atoms with Gasteiger partial charge in [-0.25, -0.2) is 4.79 Å². The van der Waals surface area contributed by atoms with Crippen molar-refractivity contribution in [3.05, 3.63) is 122 Å². The minimum absolute atomic E-state index is 0.171. The topological polar surface area (TPSA) is 108 Å². The molecule has 69 heavy (non-hydrogen) atoms. The summed E-state index contributed by atoms with van der Waals surface area (Å²) in [6.45, 7) is 4.65. The first kappa shape index (κ1) is 64.7. The molecular formula is C60H98NO8+. The average Bonchev–Trinajstić information content (AvgIpc) is 3.31. The van der Waals surface area contributed by atoms with E-state index in [4.69, 9.17) is 18.9 Å². The maximum absolute atomic E-state index is 12.8. The largest absolute Gasteiger partial charge is 0.477 e. The van der Waals surface area contributed by atoms with Gasteiger partial charge >= 0.3 is 17.9 Å². The molecule has 0 fully saturated rings. The number of hydrogen-bond acceptors (Lipinski definition) is 7. The summed E-state index contributed by atoms with van der Waals surface area (Å²) >= 11 is 0. The molecule has 0 radical (unpaired) electrons. The molecule has 1 N–H and O–H groups in total. The molecule has 0 aliphatic heterocycles. The van der Waals surface area contributed by atoms with E-state index in [0.717, 1.165) is 116 Å². The van der Waals surface area contributed by atoms with Gasteiger partial charge in [0.15, 0.2) is 6.10 Å². The number of quaternary nitrogens is 1. The zero-order chi connectivity index (χ0) is 50.6. The molecule has 0 spiro atoms. The Morgan fingerprint density at radius 1 is 0.449 bits per heavy atom.